The standard InChI is InChI=1S/C12H18Cl2N2O/c1-3-4-15-5-7-16(8-6-15)10(17)11(2)9-12(11,13)14/h3H,1,4-9H2,2H3/t11-/m1/s1. The summed E-state index contributed by atoms with van der Waals surface area (Å²) in [5.41, 5.74) is -0.573. The van der Waals surface area contributed by atoms with Crippen LogP contribution >= 0.6 is 23.2 Å². The van der Waals surface area contributed by atoms with Crippen LogP contribution in [0.1, 0.15) is 13.3 Å². The Labute approximate surface area is 112 Å². The van der Waals surface area contributed by atoms with Crippen molar-refractivity contribution in [3.05, 3.63) is 12.7 Å². The van der Waals surface area contributed by atoms with Gasteiger partial charge in [0.1, 0.15) is 4.33 Å². The zero-order chi connectivity index (χ0) is 12.7. The van der Waals surface area contributed by atoms with Crippen molar-refractivity contribution in [3.63, 3.8) is 0 Å². The molecule has 0 bridgehead atoms. The number of alkyl halides is 2. The smallest absolute Gasteiger partial charge is 0.231 e. The summed E-state index contributed by atoms with van der Waals surface area (Å²) in [6.07, 6.45) is 2.46. The lowest BCUT2D eigenvalue weighted by Gasteiger charge is -2.35. The number of hydrogen-bond acceptors (Lipinski definition) is 2. The Hall–Kier alpha value is -0.250. The van der Waals surface area contributed by atoms with Crippen molar-refractivity contribution in [1.29, 1.82) is 0 Å². The summed E-state index contributed by atoms with van der Waals surface area (Å²) in [5, 5.41) is 0. The quantitative estimate of drug-likeness (QED) is 0.581. The SMILES string of the molecule is C=CCN1CCN(C(=O)[C@@]2(C)CC2(Cl)Cl)CC1. The predicted molar refractivity (Wildman–Crippen MR) is 70.4 cm³/mol. The number of piperazine rings is 1. The molecule has 17 heavy (non-hydrogen) atoms. The van der Waals surface area contributed by atoms with Gasteiger partial charge < -0.3 is 4.90 Å². The summed E-state index contributed by atoms with van der Waals surface area (Å²) in [5.74, 6) is 0.0979. The van der Waals surface area contributed by atoms with E-state index < -0.39 is 9.75 Å². The molecule has 2 aliphatic rings. The second-order valence-electron chi connectivity index (χ2n) is 5.09. The fourth-order valence-electron chi connectivity index (χ4n) is 2.30. The summed E-state index contributed by atoms with van der Waals surface area (Å²) < 4.78 is -0.859. The first kappa shape index (κ1) is 13.2. The molecule has 5 heteroatoms. The van der Waals surface area contributed by atoms with Gasteiger partial charge in [-0.3, -0.25) is 9.69 Å². The highest BCUT2D eigenvalue weighted by Crippen LogP contribution is 2.64. The zero-order valence-electron chi connectivity index (χ0n) is 10.1. The molecule has 1 saturated carbocycles. The highest BCUT2D eigenvalue weighted by Gasteiger charge is 2.68. The van der Waals surface area contributed by atoms with E-state index in [9.17, 15) is 4.79 Å². The summed E-state index contributed by atoms with van der Waals surface area (Å²) in [4.78, 5) is 16.4. The fraction of sp³-hybridized carbons (Fsp3) is 0.750. The van der Waals surface area contributed by atoms with Gasteiger partial charge >= 0.3 is 0 Å². The van der Waals surface area contributed by atoms with Crippen LogP contribution in [0.5, 0.6) is 0 Å². The Bertz CT molecular complexity index is 337. The number of carbonyl (C=O) groups is 1. The summed E-state index contributed by atoms with van der Waals surface area (Å²) in [7, 11) is 0. The molecule has 96 valence electrons. The van der Waals surface area contributed by atoms with Crippen molar-refractivity contribution >= 4 is 29.1 Å². The minimum atomic E-state index is -0.859. The lowest BCUT2D eigenvalue weighted by molar-refractivity contribution is -0.138. The highest BCUT2D eigenvalue weighted by molar-refractivity contribution is 6.53. The van der Waals surface area contributed by atoms with Crippen LogP contribution in [-0.2, 0) is 4.79 Å². The molecule has 0 spiro atoms. The van der Waals surface area contributed by atoms with Crippen LogP contribution in [-0.4, -0.2) is 52.8 Å². The van der Waals surface area contributed by atoms with Crippen molar-refractivity contribution < 1.29 is 4.79 Å². The maximum atomic E-state index is 12.3. The molecule has 0 radical (unpaired) electrons. The molecular formula is C12H18Cl2N2O. The molecule has 1 atom stereocenters. The topological polar surface area (TPSA) is 23.6 Å². The van der Waals surface area contributed by atoms with Gasteiger partial charge in [-0.15, -0.1) is 29.8 Å². The maximum absolute atomic E-state index is 12.3. The van der Waals surface area contributed by atoms with Crippen LogP contribution in [0.15, 0.2) is 12.7 Å². The average molecular weight is 277 g/mol. The normalized spacial score (nSPS) is 32.3. The molecule has 2 fully saturated rings. The number of carbonyl (C=O) groups excluding carboxylic acids is 1. The Kier molecular flexibility index (Phi) is 3.45. The molecule has 2 rings (SSSR count). The van der Waals surface area contributed by atoms with Crippen molar-refractivity contribution in [2.24, 2.45) is 5.41 Å². The second kappa shape index (κ2) is 4.45. The van der Waals surface area contributed by atoms with Gasteiger partial charge in [-0.2, -0.15) is 0 Å². The molecule has 0 aromatic rings. The van der Waals surface area contributed by atoms with Crippen molar-refractivity contribution in [2.75, 3.05) is 32.7 Å². The molecule has 3 nitrogen and oxygen atoms in total. The van der Waals surface area contributed by atoms with Gasteiger partial charge in [0.15, 0.2) is 0 Å². The van der Waals surface area contributed by atoms with E-state index in [2.05, 4.69) is 11.5 Å². The van der Waals surface area contributed by atoms with E-state index in [-0.39, 0.29) is 5.91 Å². The Morgan fingerprint density at radius 3 is 2.29 bits per heavy atom. The molecule has 0 aromatic carbocycles. The lowest BCUT2D eigenvalue weighted by atomic mass is 10.1. The fourth-order valence-corrected chi connectivity index (χ4v) is 2.99. The summed E-state index contributed by atoms with van der Waals surface area (Å²) in [6, 6.07) is 0. The van der Waals surface area contributed by atoms with E-state index in [4.69, 9.17) is 23.2 Å². The number of nitrogens with zero attached hydrogens (tertiary/aromatic N) is 2. The molecule has 1 amide bonds. The average Bonchev–Trinajstić information content (AvgIpc) is 2.80. The Morgan fingerprint density at radius 1 is 1.35 bits per heavy atom. The number of hydrogen-bond donors (Lipinski definition) is 0. The second-order valence-corrected chi connectivity index (χ2v) is 6.58. The van der Waals surface area contributed by atoms with E-state index in [1.54, 1.807) is 0 Å². The Morgan fingerprint density at radius 2 is 1.88 bits per heavy atom. The van der Waals surface area contributed by atoms with Crippen LogP contribution < -0.4 is 0 Å². The molecule has 1 aliphatic carbocycles. The maximum Gasteiger partial charge on any atom is 0.231 e. The number of rotatable bonds is 3. The molecule has 1 saturated heterocycles. The number of halogens is 2. The van der Waals surface area contributed by atoms with Gasteiger partial charge in [0.2, 0.25) is 5.91 Å². The van der Waals surface area contributed by atoms with Crippen LogP contribution in [0.3, 0.4) is 0 Å². The van der Waals surface area contributed by atoms with Gasteiger partial charge in [0, 0.05) is 32.7 Å². The molecule has 0 aromatic heterocycles. The third kappa shape index (κ3) is 2.33. The van der Waals surface area contributed by atoms with E-state index in [1.807, 2.05) is 17.9 Å². The molecule has 0 N–H and O–H groups in total. The molecule has 1 heterocycles. The van der Waals surface area contributed by atoms with E-state index in [1.165, 1.54) is 0 Å². The molecule has 0 unspecified atom stereocenters. The first-order valence-electron chi connectivity index (χ1n) is 5.91. The van der Waals surface area contributed by atoms with E-state index in [0.29, 0.717) is 6.42 Å². The zero-order valence-corrected chi connectivity index (χ0v) is 11.6. The summed E-state index contributed by atoms with van der Waals surface area (Å²) >= 11 is 12.1. The minimum absolute atomic E-state index is 0.0979. The number of amides is 1. The first-order chi connectivity index (χ1) is 7.90. The Balaban J connectivity index is 1.90. The summed E-state index contributed by atoms with van der Waals surface area (Å²) in [6.45, 7) is 9.76. The van der Waals surface area contributed by atoms with Gasteiger partial charge in [-0.1, -0.05) is 6.08 Å². The van der Waals surface area contributed by atoms with Gasteiger partial charge in [0.25, 0.3) is 0 Å². The van der Waals surface area contributed by atoms with E-state index in [0.717, 1.165) is 32.7 Å². The van der Waals surface area contributed by atoms with Crippen LogP contribution in [0.4, 0.5) is 0 Å². The van der Waals surface area contributed by atoms with Crippen molar-refractivity contribution in [1.82, 2.24) is 9.80 Å². The molecule has 1 aliphatic heterocycles. The molecular weight excluding hydrogens is 259 g/mol. The van der Waals surface area contributed by atoms with Gasteiger partial charge in [-0.05, 0) is 13.3 Å². The first-order valence-corrected chi connectivity index (χ1v) is 6.67. The van der Waals surface area contributed by atoms with Crippen LogP contribution in [0, 0.1) is 5.41 Å². The highest BCUT2D eigenvalue weighted by atomic mass is 35.5. The third-order valence-corrected chi connectivity index (χ3v) is 4.88. The van der Waals surface area contributed by atoms with Crippen LogP contribution in [0.2, 0.25) is 0 Å². The van der Waals surface area contributed by atoms with Crippen molar-refractivity contribution in [2.45, 2.75) is 17.7 Å². The monoisotopic (exact) mass is 276 g/mol. The predicted octanol–water partition coefficient (Wildman–Crippen LogP) is 1.90. The van der Waals surface area contributed by atoms with Crippen LogP contribution in [0.25, 0.3) is 0 Å². The lowest BCUT2D eigenvalue weighted by Crippen LogP contribution is -2.51. The van der Waals surface area contributed by atoms with Crippen molar-refractivity contribution in [3.8, 4) is 0 Å². The minimum Gasteiger partial charge on any atom is -0.340 e. The largest absolute Gasteiger partial charge is 0.340 e. The van der Waals surface area contributed by atoms with Gasteiger partial charge in [0.05, 0.1) is 5.41 Å². The third-order valence-electron chi connectivity index (χ3n) is 3.78. The van der Waals surface area contributed by atoms with E-state index >= 15 is 0 Å². The van der Waals surface area contributed by atoms with Gasteiger partial charge in [-0.25, -0.2) is 0 Å².